The predicted octanol–water partition coefficient (Wildman–Crippen LogP) is 1.67. The molecule has 2 heterocycles. The molecule has 0 saturated carbocycles. The van der Waals surface area contributed by atoms with Crippen molar-refractivity contribution in [1.82, 2.24) is 20.4 Å². The number of nitrogens with two attached hydrogens (primary N) is 1. The van der Waals surface area contributed by atoms with Crippen molar-refractivity contribution in [3.63, 3.8) is 0 Å². The second-order valence-corrected chi connectivity index (χ2v) is 11.1. The SMILES string of the molecule is CCN1C(=O)[C@@H](CNc2ccc3cc(C(=O)NCCN4CCCC4)ccc3c2)S/C1=C(/N)C(=O)NCC(C)O. The molecule has 6 N–H and O–H groups in total. The van der Waals surface area contributed by atoms with E-state index in [0.717, 1.165) is 36.1 Å². The summed E-state index contributed by atoms with van der Waals surface area (Å²) < 4.78 is 0. The number of fused-ring (bicyclic) bond motifs is 1. The van der Waals surface area contributed by atoms with Crippen molar-refractivity contribution >= 4 is 45.9 Å². The first kappa shape index (κ1) is 28.7. The maximum Gasteiger partial charge on any atom is 0.269 e. The highest BCUT2D eigenvalue weighted by Crippen LogP contribution is 2.36. The maximum absolute atomic E-state index is 13.0. The van der Waals surface area contributed by atoms with Crippen molar-refractivity contribution in [2.45, 2.75) is 38.0 Å². The van der Waals surface area contributed by atoms with Crippen LogP contribution in [0.1, 0.15) is 37.0 Å². The Morgan fingerprint density at radius 3 is 2.56 bits per heavy atom. The minimum absolute atomic E-state index is 0.0278. The van der Waals surface area contributed by atoms with Crippen LogP contribution in [0.5, 0.6) is 0 Å². The molecule has 2 atom stereocenters. The normalized spacial score (nSPS) is 19.8. The fraction of sp³-hybridized carbons (Fsp3) is 0.464. The average Bonchev–Trinajstić information content (AvgIpc) is 3.56. The monoisotopic (exact) mass is 554 g/mol. The molecule has 3 amide bonds. The summed E-state index contributed by atoms with van der Waals surface area (Å²) in [5.74, 6) is -0.692. The molecule has 2 aliphatic rings. The number of benzene rings is 2. The minimum Gasteiger partial charge on any atom is -0.392 e. The van der Waals surface area contributed by atoms with Gasteiger partial charge in [0.2, 0.25) is 5.91 Å². The number of amides is 3. The van der Waals surface area contributed by atoms with Gasteiger partial charge in [0, 0.05) is 44.0 Å². The fourth-order valence-corrected chi connectivity index (χ4v) is 5.97. The number of aliphatic hydroxyl groups is 1. The van der Waals surface area contributed by atoms with Gasteiger partial charge in [0.1, 0.15) is 16.0 Å². The molecule has 2 fully saturated rings. The molecule has 0 spiro atoms. The summed E-state index contributed by atoms with van der Waals surface area (Å²) in [4.78, 5) is 41.9. The number of carbonyl (C=O) groups excluding carboxylic acids is 3. The summed E-state index contributed by atoms with van der Waals surface area (Å²) in [5, 5.41) is 20.3. The third-order valence-corrected chi connectivity index (χ3v) is 8.21. The van der Waals surface area contributed by atoms with Crippen LogP contribution in [0.25, 0.3) is 10.8 Å². The second kappa shape index (κ2) is 13.2. The van der Waals surface area contributed by atoms with Crippen LogP contribution < -0.4 is 21.7 Å². The Labute approximate surface area is 233 Å². The van der Waals surface area contributed by atoms with Gasteiger partial charge < -0.3 is 36.6 Å². The Bertz CT molecular complexity index is 1240. The van der Waals surface area contributed by atoms with E-state index in [9.17, 15) is 19.5 Å². The van der Waals surface area contributed by atoms with E-state index < -0.39 is 17.3 Å². The summed E-state index contributed by atoms with van der Waals surface area (Å²) >= 11 is 1.26. The van der Waals surface area contributed by atoms with Crippen molar-refractivity contribution in [2.24, 2.45) is 5.73 Å². The van der Waals surface area contributed by atoms with E-state index >= 15 is 0 Å². The van der Waals surface area contributed by atoms with Crippen molar-refractivity contribution in [1.29, 1.82) is 0 Å². The van der Waals surface area contributed by atoms with Gasteiger partial charge in [-0.25, -0.2) is 0 Å². The highest BCUT2D eigenvalue weighted by atomic mass is 32.2. The molecule has 210 valence electrons. The van der Waals surface area contributed by atoms with Gasteiger partial charge in [0.25, 0.3) is 11.8 Å². The zero-order valence-electron chi connectivity index (χ0n) is 22.5. The van der Waals surface area contributed by atoms with Gasteiger partial charge in [-0.1, -0.05) is 23.9 Å². The molecule has 10 nitrogen and oxygen atoms in total. The topological polar surface area (TPSA) is 140 Å². The van der Waals surface area contributed by atoms with Crippen molar-refractivity contribution in [3.05, 3.63) is 52.7 Å². The minimum atomic E-state index is -0.695. The summed E-state index contributed by atoms with van der Waals surface area (Å²) in [7, 11) is 0. The average molecular weight is 555 g/mol. The summed E-state index contributed by atoms with van der Waals surface area (Å²) in [6.45, 7) is 7.98. The van der Waals surface area contributed by atoms with Gasteiger partial charge in [-0.05, 0) is 74.8 Å². The summed E-state index contributed by atoms with van der Waals surface area (Å²) in [6.07, 6.45) is 1.78. The number of hydrogen-bond acceptors (Lipinski definition) is 8. The number of anilines is 1. The molecule has 0 aromatic heterocycles. The molecular formula is C28H38N6O4S. The quantitative estimate of drug-likeness (QED) is 0.264. The van der Waals surface area contributed by atoms with Gasteiger partial charge in [0.15, 0.2) is 0 Å². The molecular weight excluding hydrogens is 516 g/mol. The Morgan fingerprint density at radius 1 is 1.13 bits per heavy atom. The Hall–Kier alpha value is -3.28. The Balaban J connectivity index is 1.35. The largest absolute Gasteiger partial charge is 0.392 e. The standard InChI is InChI=1S/C28H38N6O4S/c1-3-34-27(38)23(39-28(34)24(29)26(37)32-16-18(2)35)17-31-22-9-8-19-14-21(7-6-20(19)15-22)25(36)30-10-13-33-11-4-5-12-33/h6-9,14-15,18,23,31,35H,3-5,10-13,16-17,29H2,1-2H3,(H,30,36)(H,32,37)/b28-24+/t18?,23-/m1/s1. The molecule has 0 aliphatic carbocycles. The molecule has 2 saturated heterocycles. The highest BCUT2D eigenvalue weighted by molar-refractivity contribution is 8.04. The third-order valence-electron chi connectivity index (χ3n) is 6.90. The van der Waals surface area contributed by atoms with Crippen molar-refractivity contribution < 1.29 is 19.5 Å². The first-order valence-electron chi connectivity index (χ1n) is 13.5. The number of nitrogens with one attached hydrogen (secondary N) is 3. The van der Waals surface area contributed by atoms with Crippen LogP contribution in [0.2, 0.25) is 0 Å². The van der Waals surface area contributed by atoms with E-state index in [4.69, 9.17) is 5.73 Å². The first-order chi connectivity index (χ1) is 18.8. The number of aliphatic hydroxyl groups excluding tert-OH is 1. The van der Waals surface area contributed by atoms with Gasteiger partial charge in [0.05, 0.1) is 6.10 Å². The zero-order chi connectivity index (χ0) is 27.9. The number of thioether (sulfide) groups is 1. The van der Waals surface area contributed by atoms with Crippen LogP contribution in [-0.2, 0) is 9.59 Å². The third kappa shape index (κ3) is 7.23. The number of likely N-dealkylation sites (tertiary alicyclic amines) is 1. The van der Waals surface area contributed by atoms with E-state index in [0.29, 0.717) is 30.2 Å². The van der Waals surface area contributed by atoms with E-state index in [1.807, 2.05) is 43.3 Å². The van der Waals surface area contributed by atoms with E-state index in [2.05, 4.69) is 20.9 Å². The molecule has 4 rings (SSSR count). The second-order valence-electron chi connectivity index (χ2n) is 9.93. The van der Waals surface area contributed by atoms with Crippen LogP contribution in [0.3, 0.4) is 0 Å². The lowest BCUT2D eigenvalue weighted by Gasteiger charge is -2.17. The molecule has 0 radical (unpaired) electrons. The highest BCUT2D eigenvalue weighted by Gasteiger charge is 2.38. The van der Waals surface area contributed by atoms with Crippen LogP contribution in [-0.4, -0.2) is 89.8 Å². The molecule has 2 aromatic carbocycles. The van der Waals surface area contributed by atoms with E-state index in [1.165, 1.54) is 29.5 Å². The van der Waals surface area contributed by atoms with Crippen LogP contribution >= 0.6 is 11.8 Å². The van der Waals surface area contributed by atoms with Crippen molar-refractivity contribution in [3.8, 4) is 0 Å². The Morgan fingerprint density at radius 2 is 1.85 bits per heavy atom. The van der Waals surface area contributed by atoms with Gasteiger partial charge in [-0.2, -0.15) is 0 Å². The molecule has 1 unspecified atom stereocenters. The number of carbonyl (C=O) groups is 3. The van der Waals surface area contributed by atoms with Gasteiger partial charge >= 0.3 is 0 Å². The van der Waals surface area contributed by atoms with Gasteiger partial charge in [-0.3, -0.25) is 14.4 Å². The number of nitrogens with zero attached hydrogens (tertiary/aromatic N) is 2. The number of rotatable bonds is 11. The lowest BCUT2D eigenvalue weighted by molar-refractivity contribution is -0.127. The van der Waals surface area contributed by atoms with Gasteiger partial charge in [-0.15, -0.1) is 0 Å². The molecule has 39 heavy (non-hydrogen) atoms. The van der Waals surface area contributed by atoms with Crippen LogP contribution in [0.15, 0.2) is 47.1 Å². The zero-order valence-corrected chi connectivity index (χ0v) is 23.4. The molecule has 2 aliphatic heterocycles. The fourth-order valence-electron chi connectivity index (χ4n) is 4.74. The molecule has 11 heteroatoms. The summed E-state index contributed by atoms with van der Waals surface area (Å²) in [5.41, 5.74) is 7.53. The Kier molecular flexibility index (Phi) is 9.71. The van der Waals surface area contributed by atoms with E-state index in [1.54, 1.807) is 6.92 Å². The van der Waals surface area contributed by atoms with Crippen LogP contribution in [0, 0.1) is 0 Å². The number of hydrogen-bond donors (Lipinski definition) is 5. The van der Waals surface area contributed by atoms with Crippen LogP contribution in [0.4, 0.5) is 5.69 Å². The molecule has 0 bridgehead atoms. The first-order valence-corrected chi connectivity index (χ1v) is 14.4. The molecule has 2 aromatic rings. The van der Waals surface area contributed by atoms with Crippen molar-refractivity contribution in [2.75, 3.05) is 51.1 Å². The summed E-state index contributed by atoms with van der Waals surface area (Å²) in [6, 6.07) is 11.5. The lowest BCUT2D eigenvalue weighted by atomic mass is 10.1. The lowest BCUT2D eigenvalue weighted by Crippen LogP contribution is -2.37. The predicted molar refractivity (Wildman–Crippen MR) is 155 cm³/mol. The van der Waals surface area contributed by atoms with E-state index in [-0.39, 0.29) is 24.1 Å². The smallest absolute Gasteiger partial charge is 0.269 e. The maximum atomic E-state index is 13.0.